The number of carbonyl (C=O) groups excluding carboxylic acids is 1. The Bertz CT molecular complexity index is 874. The van der Waals surface area contributed by atoms with E-state index in [4.69, 9.17) is 30.5 Å². The Morgan fingerprint density at radius 3 is 2.71 bits per heavy atom. The zero-order valence-corrected chi connectivity index (χ0v) is 19.1. The maximum Gasteiger partial charge on any atom is 0.227 e. The molecule has 0 aromatic carbocycles. The molecule has 2 aliphatic heterocycles. The molecule has 170 valence electrons. The number of hydrogen-bond acceptors (Lipinski definition) is 6. The minimum Gasteiger partial charge on any atom is -0.393 e. The first kappa shape index (κ1) is 20.8. The average Bonchev–Trinajstić information content (AvgIpc) is 3.39. The molecule has 6 rings (SSSR count). The number of fused-ring (bicyclic) bond motifs is 7. The second-order valence-corrected chi connectivity index (χ2v) is 11.4. The Morgan fingerprint density at radius 1 is 1.19 bits per heavy atom. The fraction of sp³-hybridized carbons (Fsp3) is 0.792. The zero-order chi connectivity index (χ0) is 21.8. The predicted octanol–water partition coefficient (Wildman–Crippen LogP) is 3.17. The van der Waals surface area contributed by atoms with Gasteiger partial charge in [-0.1, -0.05) is 38.5 Å². The predicted molar refractivity (Wildman–Crippen MR) is 112 cm³/mol. The first-order valence-corrected chi connectivity index (χ1v) is 11.9. The highest BCUT2D eigenvalue weighted by atomic mass is 35.5. The normalized spacial score (nSPS) is 57.8. The summed E-state index contributed by atoms with van der Waals surface area (Å²) in [6, 6.07) is 0. The van der Waals surface area contributed by atoms with E-state index in [2.05, 4.69) is 26.8 Å². The number of aliphatic hydroxyl groups is 1. The molecule has 0 bridgehead atoms. The largest absolute Gasteiger partial charge is 0.393 e. The molecule has 0 radical (unpaired) electrons. The van der Waals surface area contributed by atoms with E-state index in [1.54, 1.807) is 6.08 Å². The molecule has 10 atom stereocenters. The van der Waals surface area contributed by atoms with Crippen LogP contribution in [-0.2, 0) is 23.7 Å². The second-order valence-electron chi connectivity index (χ2n) is 10.9. The van der Waals surface area contributed by atoms with Gasteiger partial charge < -0.3 is 24.1 Å². The summed E-state index contributed by atoms with van der Waals surface area (Å²) >= 11 is 7.06. The molecule has 2 heterocycles. The van der Waals surface area contributed by atoms with Crippen molar-refractivity contribution in [2.45, 2.75) is 62.9 Å². The van der Waals surface area contributed by atoms with Crippen molar-refractivity contribution >= 4 is 17.4 Å². The first-order chi connectivity index (χ1) is 14.7. The van der Waals surface area contributed by atoms with Crippen LogP contribution in [-0.4, -0.2) is 54.0 Å². The zero-order valence-electron chi connectivity index (χ0n) is 18.3. The van der Waals surface area contributed by atoms with Crippen molar-refractivity contribution in [2.24, 2.45) is 34.5 Å². The summed E-state index contributed by atoms with van der Waals surface area (Å²) in [5.41, 5.74) is -0.400. The maximum absolute atomic E-state index is 12.1. The van der Waals surface area contributed by atoms with Gasteiger partial charge in [-0.05, 0) is 36.7 Å². The van der Waals surface area contributed by atoms with Gasteiger partial charge >= 0.3 is 0 Å². The van der Waals surface area contributed by atoms with Crippen molar-refractivity contribution in [1.29, 1.82) is 0 Å². The van der Waals surface area contributed by atoms with Crippen molar-refractivity contribution in [3.05, 3.63) is 23.8 Å². The first-order valence-electron chi connectivity index (χ1n) is 11.4. The van der Waals surface area contributed by atoms with E-state index < -0.39 is 17.5 Å². The highest BCUT2D eigenvalue weighted by Crippen LogP contribution is 2.72. The lowest BCUT2D eigenvalue weighted by molar-refractivity contribution is -0.265. The van der Waals surface area contributed by atoms with E-state index in [1.807, 2.05) is 6.08 Å². The lowest BCUT2D eigenvalue weighted by Crippen LogP contribution is -2.68. The number of ketones is 1. The van der Waals surface area contributed by atoms with E-state index >= 15 is 0 Å². The van der Waals surface area contributed by atoms with Crippen molar-refractivity contribution < 1.29 is 28.8 Å². The Labute approximate surface area is 187 Å². The van der Waals surface area contributed by atoms with Crippen LogP contribution < -0.4 is 0 Å². The third-order valence-corrected chi connectivity index (χ3v) is 10.2. The third kappa shape index (κ3) is 2.29. The van der Waals surface area contributed by atoms with E-state index in [9.17, 15) is 9.90 Å². The highest BCUT2D eigenvalue weighted by Gasteiger charge is 2.79. The summed E-state index contributed by atoms with van der Waals surface area (Å²) in [6.45, 7) is 7.28. The number of alkyl halides is 1. The van der Waals surface area contributed by atoms with Crippen LogP contribution in [0, 0.1) is 34.5 Å². The van der Waals surface area contributed by atoms with Gasteiger partial charge in [0.1, 0.15) is 12.2 Å². The van der Waals surface area contributed by atoms with Crippen LogP contribution >= 0.6 is 11.6 Å². The van der Waals surface area contributed by atoms with E-state index in [1.165, 1.54) is 0 Å². The van der Waals surface area contributed by atoms with Crippen LogP contribution in [0.25, 0.3) is 0 Å². The van der Waals surface area contributed by atoms with Crippen molar-refractivity contribution in [3.63, 3.8) is 0 Å². The molecule has 2 spiro atoms. The molecular weight excluding hydrogens is 420 g/mol. The Hall–Kier alpha value is -0.760. The molecule has 4 fully saturated rings. The molecule has 7 heteroatoms. The van der Waals surface area contributed by atoms with Gasteiger partial charge in [-0.2, -0.15) is 0 Å². The Balaban J connectivity index is 1.48. The van der Waals surface area contributed by atoms with Gasteiger partial charge in [0.15, 0.2) is 19.4 Å². The molecular formula is C24H31ClO6. The lowest BCUT2D eigenvalue weighted by Gasteiger charge is -2.61. The molecule has 6 aliphatic rings. The maximum atomic E-state index is 12.1. The number of allylic oxidation sites excluding steroid dienone is 4. The average molecular weight is 451 g/mol. The molecule has 0 aromatic rings. The van der Waals surface area contributed by atoms with Crippen LogP contribution in [0.4, 0.5) is 0 Å². The topological polar surface area (TPSA) is 74.2 Å². The molecule has 1 N–H and O–H groups in total. The highest BCUT2D eigenvalue weighted by molar-refractivity contribution is 6.22. The van der Waals surface area contributed by atoms with E-state index in [0.29, 0.717) is 19.4 Å². The Kier molecular flexibility index (Phi) is 4.32. The minimum absolute atomic E-state index is 0.0428. The number of rotatable bonds is 0. The summed E-state index contributed by atoms with van der Waals surface area (Å²) in [4.78, 5) is 12.1. The van der Waals surface area contributed by atoms with E-state index in [-0.39, 0.29) is 59.2 Å². The fourth-order valence-electron chi connectivity index (χ4n) is 8.70. The molecule has 0 amide bonds. The summed E-state index contributed by atoms with van der Waals surface area (Å²) in [5.74, 6) is -0.441. The molecule has 2 saturated carbocycles. The van der Waals surface area contributed by atoms with Crippen LogP contribution in [0.5, 0.6) is 0 Å². The minimum atomic E-state index is -0.943. The van der Waals surface area contributed by atoms with Crippen molar-refractivity contribution in [3.8, 4) is 0 Å². The van der Waals surface area contributed by atoms with Gasteiger partial charge in [-0.15, -0.1) is 11.6 Å². The smallest absolute Gasteiger partial charge is 0.227 e. The molecule has 31 heavy (non-hydrogen) atoms. The summed E-state index contributed by atoms with van der Waals surface area (Å²) < 4.78 is 24.3. The molecule has 0 aromatic heterocycles. The monoisotopic (exact) mass is 450 g/mol. The van der Waals surface area contributed by atoms with Crippen LogP contribution in [0.3, 0.4) is 0 Å². The molecule has 6 nitrogen and oxygen atoms in total. The standard InChI is InChI=1S/C24H31ClO6/c1-13-6-16-19-17(25)8-14-7-15(26)4-5-21(14,2)20(19)18(27)9-22(16,3)24(13)23(30-12-31-24)10-28-11-29-23/h4-5,8,13,16-20,27H,6-7,9-12H2,1-3H3/t13-,16+,17-,18+,19-,20+,21+,22+,23?,24-/m1/s1. The fourth-order valence-corrected chi connectivity index (χ4v) is 9.18. The van der Waals surface area contributed by atoms with Gasteiger partial charge in [-0.25, -0.2) is 0 Å². The van der Waals surface area contributed by atoms with Gasteiger partial charge in [0.05, 0.1) is 11.5 Å². The number of halogens is 1. The molecule has 2 saturated heterocycles. The van der Waals surface area contributed by atoms with Crippen LogP contribution in [0.2, 0.25) is 0 Å². The SMILES string of the molecule is C[C@@H]1C[C@H]2[C@H]3[C@H]([C@@H](O)C[C@]2(C)[C@]12OCOC21COCO1)[C@@]1(C)C=CC(=O)CC1=C[C@H]3Cl. The quantitative estimate of drug-likeness (QED) is 0.451. The number of carbonyl (C=O) groups is 1. The van der Waals surface area contributed by atoms with Crippen LogP contribution in [0.15, 0.2) is 23.8 Å². The van der Waals surface area contributed by atoms with Gasteiger partial charge in [0, 0.05) is 23.2 Å². The van der Waals surface area contributed by atoms with Gasteiger partial charge in [0.25, 0.3) is 0 Å². The van der Waals surface area contributed by atoms with E-state index in [0.717, 1.165) is 12.0 Å². The second kappa shape index (κ2) is 6.43. The third-order valence-electron chi connectivity index (χ3n) is 9.80. The van der Waals surface area contributed by atoms with Crippen LogP contribution in [0.1, 0.15) is 40.0 Å². The van der Waals surface area contributed by atoms with Gasteiger partial charge in [-0.3, -0.25) is 4.79 Å². The summed E-state index contributed by atoms with van der Waals surface area (Å²) in [6.07, 6.45) is 7.10. The number of hydrogen-bond donors (Lipinski definition) is 1. The Morgan fingerprint density at radius 2 is 1.97 bits per heavy atom. The molecule has 1 unspecified atom stereocenters. The van der Waals surface area contributed by atoms with Gasteiger partial charge in [0.2, 0.25) is 5.79 Å². The number of aliphatic hydroxyl groups excluding tert-OH is 1. The summed E-state index contributed by atoms with van der Waals surface area (Å²) in [7, 11) is 0. The van der Waals surface area contributed by atoms with Crippen molar-refractivity contribution in [2.75, 3.05) is 20.2 Å². The van der Waals surface area contributed by atoms with Crippen molar-refractivity contribution in [1.82, 2.24) is 0 Å². The molecule has 4 aliphatic carbocycles. The lowest BCUT2D eigenvalue weighted by atomic mass is 9.46. The number of ether oxygens (including phenoxy) is 4. The summed E-state index contributed by atoms with van der Waals surface area (Å²) in [5, 5.41) is 11.4.